The summed E-state index contributed by atoms with van der Waals surface area (Å²) >= 11 is 0. The molecule has 28 heavy (non-hydrogen) atoms. The highest BCUT2D eigenvalue weighted by atomic mass is 16.3. The van der Waals surface area contributed by atoms with E-state index < -0.39 is 0 Å². The van der Waals surface area contributed by atoms with Crippen LogP contribution in [-0.2, 0) is 13.2 Å². The minimum Gasteiger partial charge on any atom is -0.392 e. The van der Waals surface area contributed by atoms with Crippen molar-refractivity contribution >= 4 is 11.6 Å². The number of nitrogens with one attached hydrogen (secondary N) is 2. The number of aliphatic imine (C=N–C) groups is 1. The highest BCUT2D eigenvalue weighted by Crippen LogP contribution is 2.24. The summed E-state index contributed by atoms with van der Waals surface area (Å²) in [6.07, 6.45) is 2.56. The highest BCUT2D eigenvalue weighted by molar-refractivity contribution is 5.80. The maximum atomic E-state index is 9.51. The summed E-state index contributed by atoms with van der Waals surface area (Å²) in [5.41, 5.74) is 4.53. The first kappa shape index (κ1) is 20.2. The van der Waals surface area contributed by atoms with E-state index in [0.717, 1.165) is 36.7 Å². The van der Waals surface area contributed by atoms with Crippen molar-refractivity contribution in [2.45, 2.75) is 45.9 Å². The monoisotopic (exact) mass is 380 g/mol. The molecule has 5 heteroatoms. The molecule has 0 aromatic heterocycles. The van der Waals surface area contributed by atoms with Gasteiger partial charge in [-0.15, -0.1) is 0 Å². The van der Waals surface area contributed by atoms with Crippen molar-refractivity contribution in [3.8, 4) is 0 Å². The predicted octanol–water partition coefficient (Wildman–Crippen LogP) is 3.60. The van der Waals surface area contributed by atoms with Crippen molar-refractivity contribution in [2.24, 2.45) is 4.99 Å². The second-order valence-electron chi connectivity index (χ2n) is 7.28. The first-order valence-corrected chi connectivity index (χ1v) is 10.3. The number of aliphatic hydroxyl groups is 1. The molecule has 0 amide bonds. The van der Waals surface area contributed by atoms with Crippen LogP contribution in [0, 0.1) is 0 Å². The molecule has 1 unspecified atom stereocenters. The molecule has 0 aliphatic carbocycles. The number of aliphatic hydroxyl groups excluding tert-OH is 1. The number of anilines is 1. The number of guanidine groups is 1. The zero-order valence-electron chi connectivity index (χ0n) is 17.0. The minimum atomic E-state index is 0.0371. The van der Waals surface area contributed by atoms with Crippen molar-refractivity contribution in [2.75, 3.05) is 24.5 Å². The number of hydrogen-bond donors (Lipinski definition) is 3. The van der Waals surface area contributed by atoms with Crippen LogP contribution in [0.15, 0.2) is 53.5 Å². The Balaban J connectivity index is 1.70. The largest absolute Gasteiger partial charge is 0.392 e. The highest BCUT2D eigenvalue weighted by Gasteiger charge is 2.14. The summed E-state index contributed by atoms with van der Waals surface area (Å²) in [6, 6.07) is 16.8. The van der Waals surface area contributed by atoms with E-state index in [1.165, 1.54) is 24.1 Å². The molecule has 1 aliphatic heterocycles. The fourth-order valence-electron chi connectivity index (χ4n) is 3.60. The van der Waals surface area contributed by atoms with E-state index in [2.05, 4.69) is 53.6 Å². The quantitative estimate of drug-likeness (QED) is 0.507. The van der Waals surface area contributed by atoms with Crippen LogP contribution in [0.1, 0.15) is 49.4 Å². The van der Waals surface area contributed by atoms with Gasteiger partial charge in [0.05, 0.1) is 19.2 Å². The molecule has 1 heterocycles. The molecule has 2 aromatic rings. The van der Waals surface area contributed by atoms with Crippen molar-refractivity contribution in [3.63, 3.8) is 0 Å². The van der Waals surface area contributed by atoms with Gasteiger partial charge in [0, 0.05) is 25.3 Å². The molecule has 1 saturated heterocycles. The standard InChI is InChI=1S/C23H32N4O/c1-3-24-23(25-16-20-9-4-5-10-21(20)17-28)26-18(2)19-11-8-12-22(15-19)27-13-6-7-14-27/h4-5,8-12,15,18,28H,3,6-7,13-14,16-17H2,1-2H3,(H2,24,25,26). The Kier molecular flexibility index (Phi) is 7.31. The van der Waals surface area contributed by atoms with Crippen LogP contribution >= 0.6 is 0 Å². The molecule has 5 nitrogen and oxygen atoms in total. The topological polar surface area (TPSA) is 59.9 Å². The SMILES string of the molecule is CCNC(=NCc1ccccc1CO)NC(C)c1cccc(N2CCCC2)c1. The Labute approximate surface area is 168 Å². The first-order valence-electron chi connectivity index (χ1n) is 10.3. The van der Waals surface area contributed by atoms with Gasteiger partial charge in [-0.2, -0.15) is 0 Å². The van der Waals surface area contributed by atoms with Gasteiger partial charge in [-0.3, -0.25) is 0 Å². The van der Waals surface area contributed by atoms with Gasteiger partial charge in [0.25, 0.3) is 0 Å². The summed E-state index contributed by atoms with van der Waals surface area (Å²) in [5.74, 6) is 0.786. The van der Waals surface area contributed by atoms with E-state index in [4.69, 9.17) is 4.99 Å². The van der Waals surface area contributed by atoms with Gasteiger partial charge in [0.15, 0.2) is 5.96 Å². The fraction of sp³-hybridized carbons (Fsp3) is 0.435. The predicted molar refractivity (Wildman–Crippen MR) is 117 cm³/mol. The number of rotatable bonds is 7. The summed E-state index contributed by atoms with van der Waals surface area (Å²) in [6.45, 7) is 7.91. The van der Waals surface area contributed by atoms with Crippen LogP contribution in [0.2, 0.25) is 0 Å². The molecule has 150 valence electrons. The lowest BCUT2D eigenvalue weighted by Crippen LogP contribution is -2.38. The van der Waals surface area contributed by atoms with Gasteiger partial charge in [0.1, 0.15) is 0 Å². The van der Waals surface area contributed by atoms with E-state index in [1.807, 2.05) is 24.3 Å². The van der Waals surface area contributed by atoms with Crippen molar-refractivity contribution in [3.05, 3.63) is 65.2 Å². The van der Waals surface area contributed by atoms with E-state index in [9.17, 15) is 5.11 Å². The van der Waals surface area contributed by atoms with Crippen LogP contribution < -0.4 is 15.5 Å². The van der Waals surface area contributed by atoms with Crippen molar-refractivity contribution in [1.29, 1.82) is 0 Å². The zero-order chi connectivity index (χ0) is 19.8. The Bertz CT molecular complexity index is 784. The first-order chi connectivity index (χ1) is 13.7. The normalized spacial score (nSPS) is 15.5. The van der Waals surface area contributed by atoms with Gasteiger partial charge in [0.2, 0.25) is 0 Å². The van der Waals surface area contributed by atoms with Crippen LogP contribution in [0.3, 0.4) is 0 Å². The third kappa shape index (κ3) is 5.26. The lowest BCUT2D eigenvalue weighted by Gasteiger charge is -2.22. The summed E-state index contributed by atoms with van der Waals surface area (Å²) in [4.78, 5) is 7.19. The molecule has 1 atom stereocenters. The lowest BCUT2D eigenvalue weighted by molar-refractivity contribution is 0.280. The van der Waals surface area contributed by atoms with Gasteiger partial charge >= 0.3 is 0 Å². The lowest BCUT2D eigenvalue weighted by atomic mass is 10.1. The zero-order valence-corrected chi connectivity index (χ0v) is 17.0. The summed E-state index contributed by atoms with van der Waals surface area (Å²) in [7, 11) is 0. The third-order valence-electron chi connectivity index (χ3n) is 5.24. The molecule has 0 saturated carbocycles. The number of nitrogens with zero attached hydrogens (tertiary/aromatic N) is 2. The molecule has 2 aromatic carbocycles. The molecular formula is C23H32N4O. The van der Waals surface area contributed by atoms with E-state index in [-0.39, 0.29) is 12.6 Å². The molecule has 1 fully saturated rings. The van der Waals surface area contributed by atoms with E-state index >= 15 is 0 Å². The fourth-order valence-corrected chi connectivity index (χ4v) is 3.60. The van der Waals surface area contributed by atoms with E-state index in [1.54, 1.807) is 0 Å². The van der Waals surface area contributed by atoms with Crippen LogP contribution in [0.25, 0.3) is 0 Å². The maximum absolute atomic E-state index is 9.51. The molecule has 1 aliphatic rings. The summed E-state index contributed by atoms with van der Waals surface area (Å²) in [5, 5.41) is 16.4. The summed E-state index contributed by atoms with van der Waals surface area (Å²) < 4.78 is 0. The molecule has 0 radical (unpaired) electrons. The van der Waals surface area contributed by atoms with Gasteiger partial charge in [-0.1, -0.05) is 36.4 Å². The number of hydrogen-bond acceptors (Lipinski definition) is 3. The Morgan fingerprint density at radius 2 is 1.86 bits per heavy atom. The Morgan fingerprint density at radius 1 is 1.11 bits per heavy atom. The molecule has 0 bridgehead atoms. The van der Waals surface area contributed by atoms with Crippen LogP contribution in [0.5, 0.6) is 0 Å². The average Bonchev–Trinajstić information content (AvgIpc) is 3.27. The Morgan fingerprint density at radius 3 is 2.57 bits per heavy atom. The number of benzene rings is 2. The second kappa shape index (κ2) is 10.1. The average molecular weight is 381 g/mol. The van der Waals surface area contributed by atoms with Crippen LogP contribution in [-0.4, -0.2) is 30.7 Å². The van der Waals surface area contributed by atoms with Crippen molar-refractivity contribution < 1.29 is 5.11 Å². The minimum absolute atomic E-state index is 0.0371. The van der Waals surface area contributed by atoms with Gasteiger partial charge < -0.3 is 20.6 Å². The van der Waals surface area contributed by atoms with Gasteiger partial charge in [-0.25, -0.2) is 4.99 Å². The second-order valence-corrected chi connectivity index (χ2v) is 7.28. The molecule has 3 rings (SSSR count). The Hall–Kier alpha value is -2.53. The van der Waals surface area contributed by atoms with Crippen molar-refractivity contribution in [1.82, 2.24) is 10.6 Å². The molecule has 3 N–H and O–H groups in total. The van der Waals surface area contributed by atoms with E-state index in [0.29, 0.717) is 6.54 Å². The smallest absolute Gasteiger partial charge is 0.192 e. The van der Waals surface area contributed by atoms with Gasteiger partial charge in [-0.05, 0) is 55.5 Å². The third-order valence-corrected chi connectivity index (χ3v) is 5.24. The molecular weight excluding hydrogens is 348 g/mol. The van der Waals surface area contributed by atoms with Crippen LogP contribution in [0.4, 0.5) is 5.69 Å². The maximum Gasteiger partial charge on any atom is 0.192 e. The molecule has 0 spiro atoms.